The first-order valence-corrected chi connectivity index (χ1v) is 6.32. The van der Waals surface area contributed by atoms with E-state index in [0.717, 1.165) is 24.9 Å². The van der Waals surface area contributed by atoms with Crippen molar-refractivity contribution in [2.24, 2.45) is 5.41 Å². The number of halogens is 1. The highest BCUT2D eigenvalue weighted by Gasteiger charge is 2.16. The summed E-state index contributed by atoms with van der Waals surface area (Å²) in [4.78, 5) is 0. The van der Waals surface area contributed by atoms with Crippen LogP contribution in [0.5, 0.6) is 0 Å². The third-order valence-corrected chi connectivity index (χ3v) is 3.00. The number of nitriles is 1. The van der Waals surface area contributed by atoms with Crippen LogP contribution in [-0.4, -0.2) is 12.6 Å². The second-order valence-electron chi connectivity index (χ2n) is 5.43. The van der Waals surface area contributed by atoms with Crippen LogP contribution in [0.25, 0.3) is 0 Å². The molecule has 1 N–H and O–H groups in total. The van der Waals surface area contributed by atoms with Crippen LogP contribution in [0, 0.1) is 22.6 Å². The van der Waals surface area contributed by atoms with Crippen LogP contribution in [0.1, 0.15) is 32.8 Å². The molecule has 0 aliphatic rings. The van der Waals surface area contributed by atoms with Crippen molar-refractivity contribution in [3.05, 3.63) is 35.6 Å². The molecule has 1 aromatic rings. The predicted molar refractivity (Wildman–Crippen MR) is 71.6 cm³/mol. The maximum absolute atomic E-state index is 12.8. The molecule has 18 heavy (non-hydrogen) atoms. The molecule has 3 heteroatoms. The molecule has 0 aromatic heterocycles. The van der Waals surface area contributed by atoms with E-state index in [1.807, 2.05) is 26.0 Å². The zero-order valence-electron chi connectivity index (χ0n) is 11.3. The zero-order valence-corrected chi connectivity index (χ0v) is 11.3. The van der Waals surface area contributed by atoms with Gasteiger partial charge in [-0.1, -0.05) is 12.1 Å². The largest absolute Gasteiger partial charge is 0.314 e. The summed E-state index contributed by atoms with van der Waals surface area (Å²) in [5, 5.41) is 12.3. The van der Waals surface area contributed by atoms with Gasteiger partial charge in [0.05, 0.1) is 11.5 Å². The van der Waals surface area contributed by atoms with Crippen LogP contribution in [-0.2, 0) is 6.42 Å². The fourth-order valence-electron chi connectivity index (χ4n) is 1.73. The van der Waals surface area contributed by atoms with Gasteiger partial charge in [-0.05, 0) is 57.9 Å². The zero-order chi connectivity index (χ0) is 13.6. The second-order valence-corrected chi connectivity index (χ2v) is 5.43. The van der Waals surface area contributed by atoms with Gasteiger partial charge in [0.25, 0.3) is 0 Å². The summed E-state index contributed by atoms with van der Waals surface area (Å²) in [5.74, 6) is -0.199. The summed E-state index contributed by atoms with van der Waals surface area (Å²) in [6.45, 7) is 6.81. The number of hydrogen-bond acceptors (Lipinski definition) is 2. The van der Waals surface area contributed by atoms with Crippen molar-refractivity contribution in [3.63, 3.8) is 0 Å². The van der Waals surface area contributed by atoms with E-state index in [1.54, 1.807) is 0 Å². The Bertz CT molecular complexity index is 403. The lowest BCUT2D eigenvalue weighted by Crippen LogP contribution is -2.31. The molecular weight excluding hydrogens is 227 g/mol. The lowest BCUT2D eigenvalue weighted by atomic mass is 9.91. The first-order chi connectivity index (χ1) is 8.43. The van der Waals surface area contributed by atoms with Gasteiger partial charge in [0.1, 0.15) is 5.82 Å². The van der Waals surface area contributed by atoms with E-state index in [-0.39, 0.29) is 11.2 Å². The van der Waals surface area contributed by atoms with Gasteiger partial charge in [0.15, 0.2) is 0 Å². The molecule has 1 rings (SSSR count). The minimum absolute atomic E-state index is 0.199. The molecule has 0 amide bonds. The third kappa shape index (κ3) is 5.29. The Labute approximate surface area is 109 Å². The number of nitrogens with one attached hydrogen (secondary N) is 1. The first kappa shape index (κ1) is 14.7. The molecular formula is C15H21FN2. The third-order valence-electron chi connectivity index (χ3n) is 3.00. The van der Waals surface area contributed by atoms with Gasteiger partial charge in [0, 0.05) is 6.04 Å². The van der Waals surface area contributed by atoms with E-state index in [9.17, 15) is 4.39 Å². The molecule has 98 valence electrons. The first-order valence-electron chi connectivity index (χ1n) is 6.32. The van der Waals surface area contributed by atoms with Crippen molar-refractivity contribution in [1.82, 2.24) is 5.32 Å². The Morgan fingerprint density at radius 2 is 1.94 bits per heavy atom. The summed E-state index contributed by atoms with van der Waals surface area (Å²) >= 11 is 0. The Hall–Kier alpha value is -1.40. The van der Waals surface area contributed by atoms with Gasteiger partial charge < -0.3 is 5.32 Å². The van der Waals surface area contributed by atoms with E-state index in [1.165, 1.54) is 12.1 Å². The highest BCUT2D eigenvalue weighted by atomic mass is 19.1. The van der Waals surface area contributed by atoms with Crippen molar-refractivity contribution >= 4 is 0 Å². The Morgan fingerprint density at radius 3 is 2.50 bits per heavy atom. The van der Waals surface area contributed by atoms with E-state index in [0.29, 0.717) is 6.04 Å². The molecule has 2 nitrogen and oxygen atoms in total. The van der Waals surface area contributed by atoms with Crippen molar-refractivity contribution in [2.45, 2.75) is 39.7 Å². The Morgan fingerprint density at radius 1 is 1.33 bits per heavy atom. The van der Waals surface area contributed by atoms with Crippen molar-refractivity contribution in [1.29, 1.82) is 5.26 Å². The molecule has 0 radical (unpaired) electrons. The van der Waals surface area contributed by atoms with E-state index >= 15 is 0 Å². The number of hydrogen-bond donors (Lipinski definition) is 1. The molecule has 0 bridgehead atoms. The average Bonchev–Trinajstić information content (AvgIpc) is 2.32. The van der Waals surface area contributed by atoms with Crippen LogP contribution in [0.3, 0.4) is 0 Å². The van der Waals surface area contributed by atoms with Gasteiger partial charge >= 0.3 is 0 Å². The second kappa shape index (κ2) is 6.51. The van der Waals surface area contributed by atoms with Crippen molar-refractivity contribution < 1.29 is 4.39 Å². The van der Waals surface area contributed by atoms with Crippen LogP contribution >= 0.6 is 0 Å². The molecule has 1 aromatic carbocycles. The van der Waals surface area contributed by atoms with E-state index < -0.39 is 0 Å². The number of nitrogens with zero attached hydrogens (tertiary/aromatic N) is 1. The van der Waals surface area contributed by atoms with Crippen LogP contribution in [0.15, 0.2) is 24.3 Å². The maximum Gasteiger partial charge on any atom is 0.123 e. The molecule has 1 atom stereocenters. The molecule has 0 saturated heterocycles. The molecule has 0 spiro atoms. The molecule has 1 unspecified atom stereocenters. The van der Waals surface area contributed by atoms with Gasteiger partial charge in [-0.2, -0.15) is 5.26 Å². The highest BCUT2D eigenvalue weighted by Crippen LogP contribution is 2.17. The molecule has 0 aliphatic heterocycles. The SMILES string of the molecule is CC(Cc1ccc(F)cc1)NCCC(C)(C)C#N. The van der Waals surface area contributed by atoms with Gasteiger partial charge in [0.2, 0.25) is 0 Å². The van der Waals surface area contributed by atoms with Crippen molar-refractivity contribution in [2.75, 3.05) is 6.54 Å². The van der Waals surface area contributed by atoms with Crippen molar-refractivity contribution in [3.8, 4) is 6.07 Å². The number of benzene rings is 1. The fourth-order valence-corrected chi connectivity index (χ4v) is 1.73. The summed E-state index contributed by atoms with van der Waals surface area (Å²) in [6, 6.07) is 9.21. The monoisotopic (exact) mass is 248 g/mol. The summed E-state index contributed by atoms with van der Waals surface area (Å²) < 4.78 is 12.8. The quantitative estimate of drug-likeness (QED) is 0.838. The summed E-state index contributed by atoms with van der Waals surface area (Å²) in [7, 11) is 0. The lowest BCUT2D eigenvalue weighted by Gasteiger charge is -2.18. The smallest absolute Gasteiger partial charge is 0.123 e. The topological polar surface area (TPSA) is 35.8 Å². The molecule has 0 heterocycles. The maximum atomic E-state index is 12.8. The van der Waals surface area contributed by atoms with Crippen LogP contribution < -0.4 is 5.32 Å². The average molecular weight is 248 g/mol. The molecule has 0 fully saturated rings. The normalized spacial score (nSPS) is 13.1. The lowest BCUT2D eigenvalue weighted by molar-refractivity contribution is 0.413. The standard InChI is InChI=1S/C15H21FN2/c1-12(18-9-8-15(2,3)11-17)10-13-4-6-14(16)7-5-13/h4-7,12,18H,8-10H2,1-3H3. The molecule has 0 aliphatic carbocycles. The highest BCUT2D eigenvalue weighted by molar-refractivity contribution is 5.16. The Balaban J connectivity index is 2.32. The van der Waals surface area contributed by atoms with Gasteiger partial charge in [-0.3, -0.25) is 0 Å². The van der Waals surface area contributed by atoms with E-state index in [2.05, 4.69) is 18.3 Å². The van der Waals surface area contributed by atoms with Crippen LogP contribution in [0.4, 0.5) is 4.39 Å². The van der Waals surface area contributed by atoms with Gasteiger partial charge in [-0.15, -0.1) is 0 Å². The summed E-state index contributed by atoms with van der Waals surface area (Å²) in [6.07, 6.45) is 1.70. The molecule has 0 saturated carbocycles. The van der Waals surface area contributed by atoms with E-state index in [4.69, 9.17) is 5.26 Å². The Kier molecular flexibility index (Phi) is 5.30. The summed E-state index contributed by atoms with van der Waals surface area (Å²) in [5.41, 5.74) is 0.846. The van der Waals surface area contributed by atoms with Crippen LogP contribution in [0.2, 0.25) is 0 Å². The number of rotatable bonds is 6. The minimum Gasteiger partial charge on any atom is -0.314 e. The fraction of sp³-hybridized carbons (Fsp3) is 0.533. The minimum atomic E-state index is -0.275. The van der Waals surface area contributed by atoms with Gasteiger partial charge in [-0.25, -0.2) is 4.39 Å². The predicted octanol–water partition coefficient (Wildman–Crippen LogP) is 3.29.